The van der Waals surface area contributed by atoms with E-state index in [9.17, 15) is 9.90 Å². The van der Waals surface area contributed by atoms with Gasteiger partial charge in [0.05, 0.1) is 5.60 Å². The fourth-order valence-electron chi connectivity index (χ4n) is 2.01. The van der Waals surface area contributed by atoms with Gasteiger partial charge in [-0.25, -0.2) is 0 Å². The summed E-state index contributed by atoms with van der Waals surface area (Å²) in [5.74, 6) is 0.939. The third kappa shape index (κ3) is 5.21. The number of hydrogen-bond acceptors (Lipinski definition) is 3. The van der Waals surface area contributed by atoms with Crippen molar-refractivity contribution in [3.05, 3.63) is 29.8 Å². The molecular weight excluding hydrogens is 254 g/mol. The van der Waals surface area contributed by atoms with E-state index in [2.05, 4.69) is 13.8 Å². The first kappa shape index (κ1) is 16.5. The van der Waals surface area contributed by atoms with Crippen molar-refractivity contribution in [3.8, 4) is 5.75 Å². The lowest BCUT2D eigenvalue weighted by Crippen LogP contribution is -2.41. The standard InChI is InChI=1S/C16H25NO3/c1-12(2)13-8-6-7-9-14(13)20-10-15(18)17(5)11-16(3,4)19/h6-9,12,19H,10-11H2,1-5H3. The molecule has 112 valence electrons. The van der Waals surface area contributed by atoms with Crippen LogP contribution in [-0.4, -0.2) is 41.7 Å². The first-order chi connectivity index (χ1) is 9.20. The molecule has 0 aliphatic rings. The van der Waals surface area contributed by atoms with Crippen LogP contribution in [0.4, 0.5) is 0 Å². The van der Waals surface area contributed by atoms with Gasteiger partial charge in [0, 0.05) is 13.6 Å². The number of ether oxygens (including phenoxy) is 1. The van der Waals surface area contributed by atoms with E-state index in [1.807, 2.05) is 24.3 Å². The summed E-state index contributed by atoms with van der Waals surface area (Å²) in [7, 11) is 1.66. The van der Waals surface area contributed by atoms with Gasteiger partial charge in [0.1, 0.15) is 5.75 Å². The molecule has 0 heterocycles. The Hall–Kier alpha value is -1.55. The number of carbonyl (C=O) groups excluding carboxylic acids is 1. The van der Waals surface area contributed by atoms with Crippen molar-refractivity contribution in [3.63, 3.8) is 0 Å². The molecule has 1 rings (SSSR count). The molecule has 0 saturated heterocycles. The van der Waals surface area contributed by atoms with Crippen molar-refractivity contribution < 1.29 is 14.6 Å². The molecule has 0 fully saturated rings. The average molecular weight is 279 g/mol. The van der Waals surface area contributed by atoms with Crippen LogP contribution in [-0.2, 0) is 4.79 Å². The monoisotopic (exact) mass is 279 g/mol. The molecule has 0 atom stereocenters. The van der Waals surface area contributed by atoms with Crippen molar-refractivity contribution in [2.45, 2.75) is 39.2 Å². The van der Waals surface area contributed by atoms with E-state index < -0.39 is 5.60 Å². The summed E-state index contributed by atoms with van der Waals surface area (Å²) in [5, 5.41) is 9.70. The fraction of sp³-hybridized carbons (Fsp3) is 0.562. The van der Waals surface area contributed by atoms with Crippen molar-refractivity contribution in [1.29, 1.82) is 0 Å². The van der Waals surface area contributed by atoms with Crippen molar-refractivity contribution >= 4 is 5.91 Å². The molecule has 1 amide bonds. The number of likely N-dealkylation sites (N-methyl/N-ethyl adjacent to an activating group) is 1. The number of nitrogens with zero attached hydrogens (tertiary/aromatic N) is 1. The summed E-state index contributed by atoms with van der Waals surface area (Å²) in [4.78, 5) is 13.4. The smallest absolute Gasteiger partial charge is 0.260 e. The fourth-order valence-corrected chi connectivity index (χ4v) is 2.01. The summed E-state index contributed by atoms with van der Waals surface area (Å²) in [6.07, 6.45) is 0. The van der Waals surface area contributed by atoms with Gasteiger partial charge in [-0.1, -0.05) is 32.0 Å². The molecule has 0 aromatic heterocycles. The highest BCUT2D eigenvalue weighted by Crippen LogP contribution is 2.25. The maximum absolute atomic E-state index is 12.0. The first-order valence-corrected chi connectivity index (χ1v) is 6.89. The molecule has 1 aromatic carbocycles. The number of benzene rings is 1. The second-order valence-electron chi connectivity index (χ2n) is 6.04. The molecule has 1 N–H and O–H groups in total. The number of amides is 1. The number of aliphatic hydroxyl groups is 1. The van der Waals surface area contributed by atoms with Crippen LogP contribution >= 0.6 is 0 Å². The molecule has 4 heteroatoms. The molecule has 0 radical (unpaired) electrons. The predicted molar refractivity (Wildman–Crippen MR) is 80.0 cm³/mol. The lowest BCUT2D eigenvalue weighted by molar-refractivity contribution is -0.134. The normalized spacial score (nSPS) is 11.6. The molecule has 4 nitrogen and oxygen atoms in total. The van der Waals surface area contributed by atoms with Crippen LogP contribution in [0.5, 0.6) is 5.75 Å². The van der Waals surface area contributed by atoms with Gasteiger partial charge in [-0.2, -0.15) is 0 Å². The third-order valence-electron chi connectivity index (χ3n) is 2.94. The Morgan fingerprint density at radius 2 is 1.95 bits per heavy atom. The van der Waals surface area contributed by atoms with E-state index in [4.69, 9.17) is 4.74 Å². The molecule has 0 unspecified atom stereocenters. The van der Waals surface area contributed by atoms with Gasteiger partial charge in [0.15, 0.2) is 6.61 Å². The minimum absolute atomic E-state index is 0.0175. The van der Waals surface area contributed by atoms with Crippen molar-refractivity contribution in [1.82, 2.24) is 4.90 Å². The maximum atomic E-state index is 12.0. The maximum Gasteiger partial charge on any atom is 0.260 e. The van der Waals surface area contributed by atoms with Crippen LogP contribution in [0.15, 0.2) is 24.3 Å². The molecule has 0 spiro atoms. The molecule has 0 aliphatic carbocycles. The van der Waals surface area contributed by atoms with E-state index in [1.165, 1.54) is 4.90 Å². The van der Waals surface area contributed by atoms with Gasteiger partial charge in [-0.05, 0) is 31.4 Å². The molecule has 20 heavy (non-hydrogen) atoms. The van der Waals surface area contributed by atoms with Gasteiger partial charge < -0.3 is 14.7 Å². The largest absolute Gasteiger partial charge is 0.483 e. The summed E-state index contributed by atoms with van der Waals surface area (Å²) in [6, 6.07) is 7.74. The summed E-state index contributed by atoms with van der Waals surface area (Å²) >= 11 is 0. The number of para-hydroxylation sites is 1. The van der Waals surface area contributed by atoms with E-state index in [0.717, 1.165) is 11.3 Å². The van der Waals surface area contributed by atoms with Gasteiger partial charge >= 0.3 is 0 Å². The summed E-state index contributed by atoms with van der Waals surface area (Å²) in [6.45, 7) is 7.78. The highest BCUT2D eigenvalue weighted by Gasteiger charge is 2.20. The second-order valence-corrected chi connectivity index (χ2v) is 6.04. The van der Waals surface area contributed by atoms with E-state index in [0.29, 0.717) is 5.92 Å². The quantitative estimate of drug-likeness (QED) is 0.870. The highest BCUT2D eigenvalue weighted by atomic mass is 16.5. The summed E-state index contributed by atoms with van der Waals surface area (Å²) in [5.41, 5.74) is 0.186. The highest BCUT2D eigenvalue weighted by molar-refractivity contribution is 5.77. The lowest BCUT2D eigenvalue weighted by atomic mass is 10.0. The number of carbonyl (C=O) groups is 1. The Kier molecular flexibility index (Phi) is 5.57. The van der Waals surface area contributed by atoms with E-state index in [1.54, 1.807) is 20.9 Å². The minimum Gasteiger partial charge on any atom is -0.483 e. The molecule has 1 aromatic rings. The van der Waals surface area contributed by atoms with E-state index >= 15 is 0 Å². The Balaban J connectivity index is 2.61. The van der Waals surface area contributed by atoms with Gasteiger partial charge in [0.2, 0.25) is 0 Å². The Morgan fingerprint density at radius 1 is 1.35 bits per heavy atom. The zero-order valence-electron chi connectivity index (χ0n) is 13.0. The molecule has 0 saturated carbocycles. The Labute approximate surface area is 121 Å². The molecule has 0 aliphatic heterocycles. The number of rotatable bonds is 6. The van der Waals surface area contributed by atoms with Crippen molar-refractivity contribution in [2.75, 3.05) is 20.2 Å². The SMILES string of the molecule is CC(C)c1ccccc1OCC(=O)N(C)CC(C)(C)O. The Morgan fingerprint density at radius 3 is 2.50 bits per heavy atom. The van der Waals surface area contributed by atoms with Crippen LogP contribution in [0.2, 0.25) is 0 Å². The predicted octanol–water partition coefficient (Wildman–Crippen LogP) is 2.42. The van der Waals surface area contributed by atoms with Gasteiger partial charge in [-0.15, -0.1) is 0 Å². The lowest BCUT2D eigenvalue weighted by Gasteiger charge is -2.25. The van der Waals surface area contributed by atoms with Crippen LogP contribution in [0.25, 0.3) is 0 Å². The molecule has 0 bridgehead atoms. The third-order valence-corrected chi connectivity index (χ3v) is 2.94. The van der Waals surface area contributed by atoms with Gasteiger partial charge in [0.25, 0.3) is 5.91 Å². The van der Waals surface area contributed by atoms with Crippen LogP contribution in [0.3, 0.4) is 0 Å². The molecular formula is C16H25NO3. The average Bonchev–Trinajstić information content (AvgIpc) is 2.34. The van der Waals surface area contributed by atoms with Gasteiger partial charge in [-0.3, -0.25) is 4.79 Å². The first-order valence-electron chi connectivity index (χ1n) is 6.89. The number of hydrogen-bond donors (Lipinski definition) is 1. The van der Waals surface area contributed by atoms with Crippen molar-refractivity contribution in [2.24, 2.45) is 0 Å². The Bertz CT molecular complexity index is 449. The topological polar surface area (TPSA) is 49.8 Å². The van der Waals surface area contributed by atoms with Crippen LogP contribution in [0, 0.1) is 0 Å². The van der Waals surface area contributed by atoms with E-state index in [-0.39, 0.29) is 19.1 Å². The minimum atomic E-state index is -0.903. The zero-order valence-corrected chi connectivity index (χ0v) is 13.0. The zero-order chi connectivity index (χ0) is 15.3. The second kappa shape index (κ2) is 6.75. The van der Waals surface area contributed by atoms with Crippen LogP contribution in [0.1, 0.15) is 39.2 Å². The van der Waals surface area contributed by atoms with Crippen LogP contribution < -0.4 is 4.74 Å². The summed E-state index contributed by atoms with van der Waals surface area (Å²) < 4.78 is 5.62.